The van der Waals surface area contributed by atoms with E-state index in [1.165, 1.54) is 0 Å². The quantitative estimate of drug-likeness (QED) is 0.675. The summed E-state index contributed by atoms with van der Waals surface area (Å²) in [5.41, 5.74) is 1.79. The molecule has 2 amide bonds. The van der Waals surface area contributed by atoms with Gasteiger partial charge in [0.25, 0.3) is 0 Å². The van der Waals surface area contributed by atoms with Crippen LogP contribution >= 0.6 is 0 Å². The summed E-state index contributed by atoms with van der Waals surface area (Å²) in [7, 11) is 0. The molecule has 6 heteroatoms. The molecule has 0 saturated heterocycles. The van der Waals surface area contributed by atoms with E-state index in [2.05, 4.69) is 10.6 Å². The Hall–Kier alpha value is -2.86. The zero-order valence-electron chi connectivity index (χ0n) is 15.9. The van der Waals surface area contributed by atoms with E-state index in [1.54, 1.807) is 17.0 Å². The third-order valence-corrected chi connectivity index (χ3v) is 3.94. The topological polar surface area (TPSA) is 70.7 Å². The molecule has 0 radical (unpaired) electrons. The van der Waals surface area contributed by atoms with Gasteiger partial charge >= 0.3 is 0 Å². The molecule has 0 saturated carbocycles. The van der Waals surface area contributed by atoms with Crippen LogP contribution in [0.1, 0.15) is 19.4 Å². The highest BCUT2D eigenvalue weighted by atomic mass is 16.5. The van der Waals surface area contributed by atoms with Crippen molar-refractivity contribution in [1.82, 2.24) is 10.2 Å². The Bertz CT molecular complexity index is 717. The highest BCUT2D eigenvalue weighted by molar-refractivity contribution is 5.92. The van der Waals surface area contributed by atoms with Crippen molar-refractivity contribution in [3.05, 3.63) is 60.2 Å². The third kappa shape index (κ3) is 7.50. The van der Waals surface area contributed by atoms with Crippen LogP contribution in [0.4, 0.5) is 5.69 Å². The lowest BCUT2D eigenvalue weighted by atomic mass is 10.2. The molecule has 0 fully saturated rings. The minimum atomic E-state index is -0.154. The van der Waals surface area contributed by atoms with Crippen molar-refractivity contribution in [3.63, 3.8) is 0 Å². The van der Waals surface area contributed by atoms with Crippen LogP contribution in [0, 0.1) is 0 Å². The number of carbonyl (C=O) groups is 2. The van der Waals surface area contributed by atoms with Gasteiger partial charge in [0.1, 0.15) is 12.4 Å². The fourth-order valence-electron chi connectivity index (χ4n) is 2.51. The van der Waals surface area contributed by atoms with E-state index in [0.717, 1.165) is 11.3 Å². The number of hydrogen-bond acceptors (Lipinski definition) is 4. The first kappa shape index (κ1) is 20.5. The van der Waals surface area contributed by atoms with E-state index in [0.29, 0.717) is 25.4 Å². The smallest absolute Gasteiger partial charge is 0.238 e. The summed E-state index contributed by atoms with van der Waals surface area (Å²) in [5.74, 6) is 0.509. The first-order valence-corrected chi connectivity index (χ1v) is 9.16. The molecule has 2 aromatic rings. The number of ether oxygens (including phenoxy) is 1. The summed E-state index contributed by atoms with van der Waals surface area (Å²) < 4.78 is 5.74. The monoisotopic (exact) mass is 369 g/mol. The molecule has 2 N–H and O–H groups in total. The van der Waals surface area contributed by atoms with Gasteiger partial charge in [-0.1, -0.05) is 37.3 Å². The largest absolute Gasteiger partial charge is 0.489 e. The lowest BCUT2D eigenvalue weighted by Gasteiger charge is -2.19. The van der Waals surface area contributed by atoms with E-state index in [4.69, 9.17) is 4.74 Å². The van der Waals surface area contributed by atoms with E-state index < -0.39 is 0 Å². The second-order valence-electron chi connectivity index (χ2n) is 6.10. The summed E-state index contributed by atoms with van der Waals surface area (Å²) in [6.07, 6.45) is 0. The highest BCUT2D eigenvalue weighted by Gasteiger charge is 2.12. The molecular weight excluding hydrogens is 342 g/mol. The average molecular weight is 369 g/mol. The number of rotatable bonds is 10. The molecule has 0 unspecified atom stereocenters. The van der Waals surface area contributed by atoms with Gasteiger partial charge in [-0.2, -0.15) is 0 Å². The summed E-state index contributed by atoms with van der Waals surface area (Å²) >= 11 is 0. The van der Waals surface area contributed by atoms with Crippen LogP contribution in [-0.4, -0.2) is 42.9 Å². The maximum absolute atomic E-state index is 12.2. The van der Waals surface area contributed by atoms with Crippen LogP contribution in [0.3, 0.4) is 0 Å². The predicted molar refractivity (Wildman–Crippen MR) is 107 cm³/mol. The van der Waals surface area contributed by atoms with Crippen molar-refractivity contribution in [2.45, 2.75) is 20.5 Å². The average Bonchev–Trinajstić information content (AvgIpc) is 2.68. The minimum Gasteiger partial charge on any atom is -0.489 e. The van der Waals surface area contributed by atoms with E-state index in [1.807, 2.05) is 56.3 Å². The lowest BCUT2D eigenvalue weighted by Crippen LogP contribution is -2.40. The van der Waals surface area contributed by atoms with Gasteiger partial charge in [0.05, 0.1) is 13.1 Å². The predicted octanol–water partition coefficient (Wildman–Crippen LogP) is 2.66. The molecular formula is C21H27N3O3. The second-order valence-corrected chi connectivity index (χ2v) is 6.10. The molecule has 0 aromatic heterocycles. The Labute approximate surface area is 160 Å². The van der Waals surface area contributed by atoms with Crippen molar-refractivity contribution in [2.75, 3.05) is 31.5 Å². The molecule has 144 valence electrons. The van der Waals surface area contributed by atoms with Crippen LogP contribution in [0.15, 0.2) is 54.6 Å². The molecule has 2 rings (SSSR count). The molecule has 2 aromatic carbocycles. The molecule has 6 nitrogen and oxygen atoms in total. The molecule has 0 aliphatic heterocycles. The normalized spacial score (nSPS) is 10.5. The Kier molecular flexibility index (Phi) is 8.32. The Morgan fingerprint density at radius 2 is 1.59 bits per heavy atom. The number of nitrogens with zero attached hydrogens (tertiary/aromatic N) is 1. The van der Waals surface area contributed by atoms with Gasteiger partial charge in [0.2, 0.25) is 11.8 Å². The van der Waals surface area contributed by atoms with E-state index in [9.17, 15) is 9.59 Å². The van der Waals surface area contributed by atoms with Crippen molar-refractivity contribution < 1.29 is 14.3 Å². The number of likely N-dealkylation sites (N-methyl/N-ethyl adjacent to an activating group) is 2. The van der Waals surface area contributed by atoms with Gasteiger partial charge in [-0.05, 0) is 43.3 Å². The fraction of sp³-hybridized carbons (Fsp3) is 0.333. The van der Waals surface area contributed by atoms with Gasteiger partial charge < -0.3 is 15.4 Å². The fourth-order valence-corrected chi connectivity index (χ4v) is 2.51. The number of nitrogens with one attached hydrogen (secondary N) is 2. The number of hydrogen-bond donors (Lipinski definition) is 2. The minimum absolute atomic E-state index is 0.0768. The van der Waals surface area contributed by atoms with Crippen molar-refractivity contribution in [3.8, 4) is 5.75 Å². The van der Waals surface area contributed by atoms with Crippen LogP contribution in [0.2, 0.25) is 0 Å². The van der Waals surface area contributed by atoms with Crippen molar-refractivity contribution >= 4 is 17.5 Å². The maximum Gasteiger partial charge on any atom is 0.238 e. The van der Waals surface area contributed by atoms with Gasteiger partial charge in [0, 0.05) is 12.2 Å². The number of amides is 2. The number of anilines is 1. The SMILES string of the molecule is CCNC(=O)CN(CC)CC(=O)Nc1ccc(OCc2ccccc2)cc1. The first-order chi connectivity index (χ1) is 13.1. The van der Waals surface area contributed by atoms with Gasteiger partial charge in [-0.3, -0.25) is 14.5 Å². The van der Waals surface area contributed by atoms with Crippen LogP contribution < -0.4 is 15.4 Å². The zero-order valence-corrected chi connectivity index (χ0v) is 15.9. The number of carbonyl (C=O) groups excluding carboxylic acids is 2. The van der Waals surface area contributed by atoms with Crippen molar-refractivity contribution in [2.24, 2.45) is 0 Å². The summed E-state index contributed by atoms with van der Waals surface area (Å²) in [5, 5.41) is 5.58. The first-order valence-electron chi connectivity index (χ1n) is 9.16. The molecule has 0 aliphatic rings. The molecule has 0 atom stereocenters. The van der Waals surface area contributed by atoms with Crippen LogP contribution in [0.5, 0.6) is 5.75 Å². The van der Waals surface area contributed by atoms with Crippen LogP contribution in [0.25, 0.3) is 0 Å². The summed E-state index contributed by atoms with van der Waals surface area (Å²) in [4.78, 5) is 25.6. The van der Waals surface area contributed by atoms with Crippen molar-refractivity contribution in [1.29, 1.82) is 0 Å². The maximum atomic E-state index is 12.2. The third-order valence-electron chi connectivity index (χ3n) is 3.94. The van der Waals surface area contributed by atoms with Gasteiger partial charge in [-0.15, -0.1) is 0 Å². The van der Waals surface area contributed by atoms with E-state index >= 15 is 0 Å². The standard InChI is InChI=1S/C21H27N3O3/c1-3-22-20(25)14-24(4-2)15-21(26)23-18-10-12-19(13-11-18)27-16-17-8-6-5-7-9-17/h5-13H,3-4,14-16H2,1-2H3,(H,22,25)(H,23,26). The second kappa shape index (κ2) is 11.0. The zero-order chi connectivity index (χ0) is 19.5. The lowest BCUT2D eigenvalue weighted by molar-refractivity contribution is -0.123. The Balaban J connectivity index is 1.80. The molecule has 0 spiro atoms. The summed E-state index contributed by atoms with van der Waals surface area (Å²) in [6.45, 7) is 5.87. The Morgan fingerprint density at radius 3 is 2.22 bits per heavy atom. The van der Waals surface area contributed by atoms with E-state index in [-0.39, 0.29) is 24.9 Å². The number of benzene rings is 2. The molecule has 0 heterocycles. The molecule has 27 heavy (non-hydrogen) atoms. The molecule has 0 bridgehead atoms. The molecule has 0 aliphatic carbocycles. The highest BCUT2D eigenvalue weighted by Crippen LogP contribution is 2.17. The Morgan fingerprint density at radius 1 is 0.926 bits per heavy atom. The van der Waals surface area contributed by atoms with Gasteiger partial charge in [-0.25, -0.2) is 0 Å². The summed E-state index contributed by atoms with van der Waals surface area (Å²) in [6, 6.07) is 17.2. The van der Waals surface area contributed by atoms with Crippen LogP contribution in [-0.2, 0) is 16.2 Å². The van der Waals surface area contributed by atoms with Gasteiger partial charge in [0.15, 0.2) is 0 Å².